The van der Waals surface area contributed by atoms with E-state index in [1.807, 2.05) is 0 Å². The molecule has 1 aliphatic carbocycles. The highest BCUT2D eigenvalue weighted by atomic mass is 19.1. The third kappa shape index (κ3) is 4.24. The quantitative estimate of drug-likeness (QED) is 0.861. The average molecular weight is 335 g/mol. The molecule has 24 heavy (non-hydrogen) atoms. The van der Waals surface area contributed by atoms with Gasteiger partial charge in [0.2, 0.25) is 5.91 Å². The zero-order valence-electron chi connectivity index (χ0n) is 14.0. The van der Waals surface area contributed by atoms with Crippen molar-refractivity contribution in [1.82, 2.24) is 5.32 Å². The predicted octanol–water partition coefficient (Wildman–Crippen LogP) is 1.80. The van der Waals surface area contributed by atoms with Gasteiger partial charge in [0.15, 0.2) is 0 Å². The molecule has 1 saturated carbocycles. The van der Waals surface area contributed by atoms with E-state index in [9.17, 15) is 9.18 Å². The number of anilines is 1. The number of benzene rings is 1. The molecule has 3 N–H and O–H groups in total. The predicted molar refractivity (Wildman–Crippen MR) is 91.2 cm³/mol. The van der Waals surface area contributed by atoms with E-state index in [2.05, 4.69) is 10.2 Å². The zero-order valence-corrected chi connectivity index (χ0v) is 14.0. The summed E-state index contributed by atoms with van der Waals surface area (Å²) in [6.45, 7) is 3.24. The van der Waals surface area contributed by atoms with Gasteiger partial charge in [0.25, 0.3) is 0 Å². The smallest absolute Gasteiger partial charge is 0.220 e. The zero-order chi connectivity index (χ0) is 16.9. The van der Waals surface area contributed by atoms with Gasteiger partial charge < -0.3 is 20.7 Å². The molecule has 0 bridgehead atoms. The first-order valence-corrected chi connectivity index (χ1v) is 8.77. The van der Waals surface area contributed by atoms with Crippen LogP contribution in [-0.2, 0) is 16.1 Å². The van der Waals surface area contributed by atoms with Crippen LogP contribution in [0.5, 0.6) is 0 Å². The third-order valence-corrected chi connectivity index (χ3v) is 5.03. The lowest BCUT2D eigenvalue weighted by molar-refractivity contribution is -0.122. The number of hydrogen-bond donors (Lipinski definition) is 2. The number of carbonyl (C=O) groups excluding carboxylic acids is 1. The van der Waals surface area contributed by atoms with Gasteiger partial charge in [0.1, 0.15) is 5.82 Å². The number of amides is 1. The molecule has 2 fully saturated rings. The first kappa shape index (κ1) is 17.2. The normalized spacial score (nSPS) is 24.2. The number of carbonyl (C=O) groups is 1. The van der Waals surface area contributed by atoms with Crippen LogP contribution in [0.4, 0.5) is 10.1 Å². The molecule has 2 atom stereocenters. The maximum absolute atomic E-state index is 13.6. The van der Waals surface area contributed by atoms with Crippen molar-refractivity contribution in [2.45, 2.75) is 38.3 Å². The Bertz CT molecular complexity index is 575. The van der Waals surface area contributed by atoms with E-state index >= 15 is 0 Å². The maximum Gasteiger partial charge on any atom is 0.220 e. The number of ether oxygens (including phenoxy) is 1. The van der Waals surface area contributed by atoms with E-state index < -0.39 is 0 Å². The number of halogens is 1. The Kier molecular flexibility index (Phi) is 5.68. The number of nitrogens with two attached hydrogens (primary N) is 1. The fourth-order valence-corrected chi connectivity index (χ4v) is 3.63. The van der Waals surface area contributed by atoms with Gasteiger partial charge in [-0.2, -0.15) is 0 Å². The lowest BCUT2D eigenvalue weighted by Crippen LogP contribution is -2.37. The maximum atomic E-state index is 13.6. The van der Waals surface area contributed by atoms with Gasteiger partial charge >= 0.3 is 0 Å². The highest BCUT2D eigenvalue weighted by molar-refractivity contribution is 5.76. The fraction of sp³-hybridized carbons (Fsp3) is 0.611. The van der Waals surface area contributed by atoms with Gasteiger partial charge in [-0.15, -0.1) is 0 Å². The molecule has 1 amide bonds. The molecule has 2 aliphatic rings. The summed E-state index contributed by atoms with van der Waals surface area (Å²) < 4.78 is 19.0. The number of morpholine rings is 1. The van der Waals surface area contributed by atoms with Crippen LogP contribution in [-0.4, -0.2) is 38.3 Å². The van der Waals surface area contributed by atoms with Crippen LogP contribution >= 0.6 is 0 Å². The molecule has 3 rings (SSSR count). The molecule has 0 radical (unpaired) electrons. The number of nitrogens with zero attached hydrogens (tertiary/aromatic N) is 1. The van der Waals surface area contributed by atoms with E-state index in [0.29, 0.717) is 26.2 Å². The molecule has 132 valence electrons. The Morgan fingerprint density at radius 2 is 2.12 bits per heavy atom. The van der Waals surface area contributed by atoms with Crippen molar-refractivity contribution in [2.75, 3.05) is 31.2 Å². The Labute approximate surface area is 142 Å². The van der Waals surface area contributed by atoms with Crippen molar-refractivity contribution >= 4 is 11.6 Å². The van der Waals surface area contributed by atoms with Crippen molar-refractivity contribution in [1.29, 1.82) is 0 Å². The monoisotopic (exact) mass is 335 g/mol. The minimum Gasteiger partial charge on any atom is -0.378 e. The largest absolute Gasteiger partial charge is 0.378 e. The summed E-state index contributed by atoms with van der Waals surface area (Å²) in [6, 6.07) is 4.89. The second-order valence-electron chi connectivity index (χ2n) is 6.71. The van der Waals surface area contributed by atoms with Crippen LogP contribution in [0.25, 0.3) is 0 Å². The fourth-order valence-electron chi connectivity index (χ4n) is 3.63. The number of hydrogen-bond acceptors (Lipinski definition) is 4. The molecule has 0 aromatic heterocycles. The van der Waals surface area contributed by atoms with E-state index in [1.54, 1.807) is 6.07 Å². The van der Waals surface area contributed by atoms with Crippen molar-refractivity contribution in [2.24, 2.45) is 11.7 Å². The standard InChI is InChI=1S/C18H26FN3O2/c19-15-4-5-17(22-6-8-24-9-7-22)14(10-15)12-21-18(23)11-13-2-1-3-16(13)20/h4-5,10,13,16H,1-3,6-9,11-12,20H2,(H,21,23)/t13-,16+/m0/s1. The van der Waals surface area contributed by atoms with Crippen LogP contribution < -0.4 is 16.0 Å². The van der Waals surface area contributed by atoms with Crippen molar-refractivity contribution < 1.29 is 13.9 Å². The first-order chi connectivity index (χ1) is 11.6. The second-order valence-corrected chi connectivity index (χ2v) is 6.71. The topological polar surface area (TPSA) is 67.6 Å². The molecule has 5 nitrogen and oxygen atoms in total. The van der Waals surface area contributed by atoms with Crippen LogP contribution in [0.1, 0.15) is 31.2 Å². The molecular weight excluding hydrogens is 309 g/mol. The molecule has 1 saturated heterocycles. The minimum atomic E-state index is -0.283. The van der Waals surface area contributed by atoms with E-state index in [0.717, 1.165) is 43.6 Å². The molecule has 1 aromatic carbocycles. The minimum absolute atomic E-state index is 0.00506. The highest BCUT2D eigenvalue weighted by Crippen LogP contribution is 2.27. The van der Waals surface area contributed by atoms with Gasteiger partial charge in [0, 0.05) is 37.8 Å². The molecule has 1 aromatic rings. The summed E-state index contributed by atoms with van der Waals surface area (Å²) >= 11 is 0. The number of rotatable bonds is 5. The van der Waals surface area contributed by atoms with Gasteiger partial charge in [0.05, 0.1) is 13.2 Å². The van der Waals surface area contributed by atoms with Gasteiger partial charge in [-0.05, 0) is 42.5 Å². The third-order valence-electron chi connectivity index (χ3n) is 5.03. The summed E-state index contributed by atoms with van der Waals surface area (Å²) in [5, 5.41) is 2.93. The second kappa shape index (κ2) is 7.94. The SMILES string of the molecule is N[C@@H]1CCC[C@H]1CC(=O)NCc1cc(F)ccc1N1CCOCC1. The van der Waals surface area contributed by atoms with Crippen LogP contribution in [0.2, 0.25) is 0 Å². The Hall–Kier alpha value is -1.66. The highest BCUT2D eigenvalue weighted by Gasteiger charge is 2.26. The van der Waals surface area contributed by atoms with Gasteiger partial charge in [-0.1, -0.05) is 6.42 Å². The van der Waals surface area contributed by atoms with Crippen LogP contribution in [0.3, 0.4) is 0 Å². The van der Waals surface area contributed by atoms with E-state index in [1.165, 1.54) is 12.1 Å². The molecule has 1 heterocycles. The molecule has 0 unspecified atom stereocenters. The summed E-state index contributed by atoms with van der Waals surface area (Å²) in [4.78, 5) is 14.4. The number of nitrogens with one attached hydrogen (secondary N) is 1. The van der Waals surface area contributed by atoms with E-state index in [-0.39, 0.29) is 23.7 Å². The summed E-state index contributed by atoms with van der Waals surface area (Å²) in [7, 11) is 0. The summed E-state index contributed by atoms with van der Waals surface area (Å²) in [5.41, 5.74) is 7.80. The van der Waals surface area contributed by atoms with Crippen molar-refractivity contribution in [3.63, 3.8) is 0 Å². The Morgan fingerprint density at radius 3 is 2.83 bits per heavy atom. The lowest BCUT2D eigenvalue weighted by Gasteiger charge is -2.30. The van der Waals surface area contributed by atoms with E-state index in [4.69, 9.17) is 10.5 Å². The van der Waals surface area contributed by atoms with Gasteiger partial charge in [-0.3, -0.25) is 4.79 Å². The summed E-state index contributed by atoms with van der Waals surface area (Å²) in [5.74, 6) is -0.0140. The molecular formula is C18H26FN3O2. The van der Waals surface area contributed by atoms with Crippen LogP contribution in [0, 0.1) is 11.7 Å². The summed E-state index contributed by atoms with van der Waals surface area (Å²) in [6.07, 6.45) is 3.59. The average Bonchev–Trinajstić information content (AvgIpc) is 2.99. The molecule has 6 heteroatoms. The van der Waals surface area contributed by atoms with Crippen molar-refractivity contribution in [3.8, 4) is 0 Å². The first-order valence-electron chi connectivity index (χ1n) is 8.77. The van der Waals surface area contributed by atoms with Crippen LogP contribution in [0.15, 0.2) is 18.2 Å². The molecule has 0 spiro atoms. The van der Waals surface area contributed by atoms with Crippen molar-refractivity contribution in [3.05, 3.63) is 29.6 Å². The Balaban J connectivity index is 1.61. The Morgan fingerprint density at radius 1 is 1.33 bits per heavy atom. The van der Waals surface area contributed by atoms with Gasteiger partial charge in [-0.25, -0.2) is 4.39 Å². The lowest BCUT2D eigenvalue weighted by atomic mass is 10.00. The molecule has 1 aliphatic heterocycles.